The molecule has 0 unspecified atom stereocenters. The van der Waals surface area contributed by atoms with Crippen LogP contribution in [-0.4, -0.2) is 15.0 Å². The Balaban J connectivity index is 3.19. The summed E-state index contributed by atoms with van der Waals surface area (Å²) in [4.78, 5) is 0. The molecule has 0 aliphatic rings. The number of benzene rings is 1. The van der Waals surface area contributed by atoms with Crippen LogP contribution in [0.15, 0.2) is 12.1 Å². The van der Waals surface area contributed by atoms with Gasteiger partial charge in [0.2, 0.25) is 0 Å². The van der Waals surface area contributed by atoms with E-state index >= 15 is 0 Å². The van der Waals surface area contributed by atoms with Gasteiger partial charge in [0.25, 0.3) is 0 Å². The molecule has 0 heterocycles. The van der Waals surface area contributed by atoms with E-state index in [0.29, 0.717) is 10.5 Å². The second kappa shape index (κ2) is 3.86. The molecule has 62 valence electrons. The maximum atomic E-state index is 5.82. The Morgan fingerprint density at radius 1 is 1.50 bits per heavy atom. The van der Waals surface area contributed by atoms with Crippen molar-refractivity contribution in [1.29, 1.82) is 0 Å². The quantitative estimate of drug-likeness (QED) is 0.630. The first-order valence-corrected chi connectivity index (χ1v) is 4.18. The van der Waals surface area contributed by atoms with E-state index in [1.54, 1.807) is 13.2 Å². The topological polar surface area (TPSA) is 9.23 Å². The first-order valence-electron chi connectivity index (χ1n) is 3.81. The van der Waals surface area contributed by atoms with Crippen molar-refractivity contribution in [1.82, 2.24) is 0 Å². The van der Waals surface area contributed by atoms with Crippen molar-refractivity contribution in [2.24, 2.45) is 0 Å². The average Bonchev–Trinajstić information content (AvgIpc) is 2.09. The van der Waals surface area contributed by atoms with E-state index in [4.69, 9.17) is 24.2 Å². The third-order valence-corrected chi connectivity index (χ3v) is 2.11. The molecule has 0 bridgehead atoms. The number of methoxy groups -OCH3 is 1. The van der Waals surface area contributed by atoms with Gasteiger partial charge >= 0.3 is 0 Å². The third kappa shape index (κ3) is 1.75. The Labute approximate surface area is 79.1 Å². The standard InChI is InChI=1S/C9H10BClO/c1-3-6-4-7(10)8(11)5-9(6)12-2/h4-5H,3H2,1-2H3. The molecule has 0 saturated heterocycles. The molecule has 0 fully saturated rings. The minimum absolute atomic E-state index is 0.545. The molecule has 1 aromatic carbocycles. The average molecular weight is 180 g/mol. The lowest BCUT2D eigenvalue weighted by atomic mass is 9.93. The van der Waals surface area contributed by atoms with Gasteiger partial charge in [-0.05, 0) is 18.1 Å². The molecule has 0 spiro atoms. The molecule has 1 rings (SSSR count). The molecule has 3 heteroatoms. The van der Waals surface area contributed by atoms with Crippen LogP contribution in [0, 0.1) is 0 Å². The van der Waals surface area contributed by atoms with Gasteiger partial charge in [0.1, 0.15) is 13.6 Å². The van der Waals surface area contributed by atoms with Gasteiger partial charge in [-0.1, -0.05) is 30.1 Å². The molecular weight excluding hydrogens is 170 g/mol. The Morgan fingerprint density at radius 2 is 2.17 bits per heavy atom. The minimum Gasteiger partial charge on any atom is -0.496 e. The van der Waals surface area contributed by atoms with Crippen molar-refractivity contribution in [3.05, 3.63) is 22.7 Å². The lowest BCUT2D eigenvalue weighted by Gasteiger charge is -2.08. The number of rotatable bonds is 2. The zero-order valence-corrected chi connectivity index (χ0v) is 7.98. The summed E-state index contributed by atoms with van der Waals surface area (Å²) in [5.41, 5.74) is 1.69. The van der Waals surface area contributed by atoms with Gasteiger partial charge in [0, 0.05) is 5.02 Å². The normalized spacial score (nSPS) is 9.92. The molecule has 0 atom stereocenters. The van der Waals surface area contributed by atoms with Crippen LogP contribution in [0.2, 0.25) is 5.02 Å². The fourth-order valence-corrected chi connectivity index (χ4v) is 1.24. The zero-order valence-electron chi connectivity index (χ0n) is 7.23. The van der Waals surface area contributed by atoms with Gasteiger partial charge < -0.3 is 4.74 Å². The van der Waals surface area contributed by atoms with Crippen molar-refractivity contribution in [3.8, 4) is 5.75 Å². The van der Waals surface area contributed by atoms with Crippen molar-refractivity contribution in [3.63, 3.8) is 0 Å². The Morgan fingerprint density at radius 3 is 2.67 bits per heavy atom. The summed E-state index contributed by atoms with van der Waals surface area (Å²) in [6.07, 6.45) is 0.893. The first-order chi connectivity index (χ1) is 5.69. The smallest absolute Gasteiger partial charge is 0.123 e. The second-order valence-corrected chi connectivity index (χ2v) is 2.95. The SMILES string of the molecule is [B]c1cc(CC)c(OC)cc1Cl. The van der Waals surface area contributed by atoms with E-state index in [-0.39, 0.29) is 0 Å². The van der Waals surface area contributed by atoms with E-state index in [1.807, 2.05) is 13.0 Å². The number of halogens is 1. The van der Waals surface area contributed by atoms with Crippen LogP contribution in [0.5, 0.6) is 5.75 Å². The fourth-order valence-electron chi connectivity index (χ4n) is 1.09. The number of ether oxygens (including phenoxy) is 1. The fraction of sp³-hybridized carbons (Fsp3) is 0.333. The molecule has 12 heavy (non-hydrogen) atoms. The summed E-state index contributed by atoms with van der Waals surface area (Å²) in [7, 11) is 7.26. The molecular formula is C9H10BClO. The van der Waals surface area contributed by atoms with E-state index in [0.717, 1.165) is 17.7 Å². The van der Waals surface area contributed by atoms with Crippen molar-refractivity contribution in [2.45, 2.75) is 13.3 Å². The summed E-state index contributed by atoms with van der Waals surface area (Å²) >= 11 is 5.82. The zero-order chi connectivity index (χ0) is 9.14. The summed E-state index contributed by atoms with van der Waals surface area (Å²) in [6, 6.07) is 3.59. The monoisotopic (exact) mass is 180 g/mol. The van der Waals surface area contributed by atoms with Crippen LogP contribution >= 0.6 is 11.6 Å². The van der Waals surface area contributed by atoms with Crippen molar-refractivity contribution >= 4 is 24.9 Å². The molecule has 0 amide bonds. The maximum Gasteiger partial charge on any atom is 0.123 e. The molecule has 0 saturated carbocycles. The van der Waals surface area contributed by atoms with Crippen LogP contribution < -0.4 is 10.2 Å². The van der Waals surface area contributed by atoms with Gasteiger partial charge in [0.15, 0.2) is 0 Å². The second-order valence-electron chi connectivity index (χ2n) is 2.54. The number of hydrogen-bond acceptors (Lipinski definition) is 1. The molecule has 0 aromatic heterocycles. The Hall–Kier alpha value is -0.625. The molecule has 0 N–H and O–H groups in total. The highest BCUT2D eigenvalue weighted by Crippen LogP contribution is 2.21. The van der Waals surface area contributed by atoms with E-state index in [1.165, 1.54) is 0 Å². The Kier molecular flexibility index (Phi) is 3.04. The summed E-state index contributed by atoms with van der Waals surface area (Å²) in [5.74, 6) is 0.803. The van der Waals surface area contributed by atoms with Gasteiger partial charge in [-0.25, -0.2) is 0 Å². The van der Waals surface area contributed by atoms with Crippen LogP contribution in [0.1, 0.15) is 12.5 Å². The third-order valence-electron chi connectivity index (χ3n) is 1.78. The van der Waals surface area contributed by atoms with Gasteiger partial charge in [-0.3, -0.25) is 0 Å². The molecule has 0 aliphatic heterocycles. The van der Waals surface area contributed by atoms with Crippen molar-refractivity contribution in [2.75, 3.05) is 7.11 Å². The van der Waals surface area contributed by atoms with Crippen LogP contribution in [0.25, 0.3) is 0 Å². The highest BCUT2D eigenvalue weighted by atomic mass is 35.5. The molecule has 1 aromatic rings. The maximum absolute atomic E-state index is 5.82. The molecule has 2 radical (unpaired) electrons. The van der Waals surface area contributed by atoms with Crippen LogP contribution in [0.3, 0.4) is 0 Å². The predicted molar refractivity (Wildman–Crippen MR) is 52.8 cm³/mol. The lowest BCUT2D eigenvalue weighted by Crippen LogP contribution is -2.06. The number of aryl methyl sites for hydroxylation is 1. The summed E-state index contributed by atoms with van der Waals surface area (Å²) < 4.78 is 5.13. The minimum atomic E-state index is 0.545. The largest absolute Gasteiger partial charge is 0.496 e. The summed E-state index contributed by atoms with van der Waals surface area (Å²) in [5, 5.41) is 0.545. The van der Waals surface area contributed by atoms with Crippen LogP contribution in [-0.2, 0) is 6.42 Å². The number of hydrogen-bond donors (Lipinski definition) is 0. The Bertz CT molecular complexity index is 257. The van der Waals surface area contributed by atoms with Gasteiger partial charge in [-0.2, -0.15) is 0 Å². The van der Waals surface area contributed by atoms with Crippen molar-refractivity contribution < 1.29 is 4.74 Å². The predicted octanol–water partition coefficient (Wildman–Crippen LogP) is 1.70. The van der Waals surface area contributed by atoms with Gasteiger partial charge in [-0.15, -0.1) is 0 Å². The summed E-state index contributed by atoms with van der Waals surface area (Å²) in [6.45, 7) is 2.05. The molecule has 0 aliphatic carbocycles. The highest BCUT2D eigenvalue weighted by molar-refractivity contribution is 6.45. The molecule has 1 nitrogen and oxygen atoms in total. The van der Waals surface area contributed by atoms with E-state index in [2.05, 4.69) is 0 Å². The van der Waals surface area contributed by atoms with Crippen LogP contribution in [0.4, 0.5) is 0 Å². The van der Waals surface area contributed by atoms with Gasteiger partial charge in [0.05, 0.1) is 7.11 Å². The first kappa shape index (κ1) is 9.46. The highest BCUT2D eigenvalue weighted by Gasteiger charge is 2.03. The van der Waals surface area contributed by atoms with E-state index < -0.39 is 0 Å². The van der Waals surface area contributed by atoms with E-state index in [9.17, 15) is 0 Å². The lowest BCUT2D eigenvalue weighted by molar-refractivity contribution is 0.410.